The minimum Gasteiger partial charge on any atom is -0.395 e. The van der Waals surface area contributed by atoms with Gasteiger partial charge in [0, 0.05) is 30.6 Å². The lowest BCUT2D eigenvalue weighted by Crippen LogP contribution is -2.25. The molecule has 0 bridgehead atoms. The van der Waals surface area contributed by atoms with Crippen molar-refractivity contribution < 1.29 is 18.3 Å². The van der Waals surface area contributed by atoms with Crippen LogP contribution in [0.4, 0.5) is 13.2 Å². The van der Waals surface area contributed by atoms with Crippen molar-refractivity contribution in [3.63, 3.8) is 0 Å². The Morgan fingerprint density at radius 2 is 1.77 bits per heavy atom. The maximum Gasteiger partial charge on any atom is 0.434 e. The molecule has 0 saturated heterocycles. The van der Waals surface area contributed by atoms with E-state index in [1.54, 1.807) is 42.7 Å². The Morgan fingerprint density at radius 3 is 2.41 bits per heavy atom. The summed E-state index contributed by atoms with van der Waals surface area (Å²) in [6, 6.07) is 10.5. The minimum atomic E-state index is -4.54. The van der Waals surface area contributed by atoms with Gasteiger partial charge in [-0.3, -0.25) is 14.1 Å². The Morgan fingerprint density at radius 1 is 1.03 bits per heavy atom. The van der Waals surface area contributed by atoms with Gasteiger partial charge in [0.1, 0.15) is 11.3 Å². The number of fused-ring (bicyclic) bond motifs is 1. The van der Waals surface area contributed by atoms with Crippen LogP contribution in [0.1, 0.15) is 36.7 Å². The number of hydrogen-bond donors (Lipinski definition) is 1. The fourth-order valence-corrected chi connectivity index (χ4v) is 4.56. The molecule has 0 spiro atoms. The number of halogens is 3. The molecule has 1 N–H and O–H groups in total. The van der Waals surface area contributed by atoms with Gasteiger partial charge in [-0.2, -0.15) is 13.2 Å². The summed E-state index contributed by atoms with van der Waals surface area (Å²) in [5.41, 5.74) is 2.41. The quantitative estimate of drug-likeness (QED) is 0.333. The SMILES string of the molecule is CC(C)c1ncccc1-c1ncc2c(n1)n(Cc1ccc(-c3nc(C(F)(F)F)cn3C)cc1)c(=O)n2CCO. The van der Waals surface area contributed by atoms with E-state index >= 15 is 0 Å². The number of aromatic nitrogens is 7. The van der Waals surface area contributed by atoms with Gasteiger partial charge in [-0.1, -0.05) is 38.1 Å². The van der Waals surface area contributed by atoms with Crippen molar-refractivity contribution in [1.82, 2.24) is 33.6 Å². The summed E-state index contributed by atoms with van der Waals surface area (Å²) < 4.78 is 43.5. The van der Waals surface area contributed by atoms with E-state index in [1.807, 2.05) is 19.9 Å². The topological polar surface area (TPSA) is 104 Å². The first-order valence-electron chi connectivity index (χ1n) is 12.3. The van der Waals surface area contributed by atoms with Gasteiger partial charge in [0.15, 0.2) is 17.2 Å². The van der Waals surface area contributed by atoms with Crippen molar-refractivity contribution in [3.8, 4) is 22.8 Å². The number of alkyl halides is 3. The highest BCUT2D eigenvalue weighted by Crippen LogP contribution is 2.31. The van der Waals surface area contributed by atoms with Crippen molar-refractivity contribution in [1.29, 1.82) is 0 Å². The number of aryl methyl sites for hydroxylation is 1. The number of pyridine rings is 1. The van der Waals surface area contributed by atoms with Crippen molar-refractivity contribution in [3.05, 3.63) is 82.4 Å². The van der Waals surface area contributed by atoms with E-state index in [0.29, 0.717) is 22.6 Å². The Kier molecular flexibility index (Phi) is 6.81. The number of aliphatic hydroxyl groups is 1. The van der Waals surface area contributed by atoms with Crippen LogP contribution in [-0.2, 0) is 26.3 Å². The van der Waals surface area contributed by atoms with Gasteiger partial charge in [0.05, 0.1) is 31.6 Å². The molecule has 202 valence electrons. The zero-order chi connectivity index (χ0) is 27.9. The third-order valence-electron chi connectivity index (χ3n) is 6.43. The van der Waals surface area contributed by atoms with E-state index in [4.69, 9.17) is 4.98 Å². The van der Waals surface area contributed by atoms with Crippen molar-refractivity contribution in [2.24, 2.45) is 7.05 Å². The standard InChI is InChI=1S/C27H26F3N7O2/c1-16(2)22-19(5-4-10-31-22)23-32-13-20-25(34-23)37(26(39)36(20)11-12-38)14-17-6-8-18(9-7-17)24-33-21(15-35(24)3)27(28,29)30/h4-10,13,15-16,38H,11-12,14H2,1-3H3. The van der Waals surface area contributed by atoms with Crippen LogP contribution in [0.3, 0.4) is 0 Å². The summed E-state index contributed by atoms with van der Waals surface area (Å²) >= 11 is 0. The van der Waals surface area contributed by atoms with E-state index in [0.717, 1.165) is 23.0 Å². The molecular formula is C27H26F3N7O2. The van der Waals surface area contributed by atoms with Gasteiger partial charge >= 0.3 is 11.9 Å². The molecule has 0 aliphatic rings. The largest absolute Gasteiger partial charge is 0.434 e. The third-order valence-corrected chi connectivity index (χ3v) is 6.43. The van der Waals surface area contributed by atoms with Gasteiger partial charge in [-0.15, -0.1) is 0 Å². The second-order valence-electron chi connectivity index (χ2n) is 9.49. The number of benzene rings is 1. The molecule has 0 radical (unpaired) electrons. The van der Waals surface area contributed by atoms with E-state index in [9.17, 15) is 23.1 Å². The second kappa shape index (κ2) is 10.1. The molecule has 0 saturated carbocycles. The highest BCUT2D eigenvalue weighted by molar-refractivity contribution is 5.74. The molecule has 0 unspecified atom stereocenters. The van der Waals surface area contributed by atoms with Crippen LogP contribution in [0.15, 0.2) is 59.8 Å². The first kappa shape index (κ1) is 26.3. The summed E-state index contributed by atoms with van der Waals surface area (Å²) in [6.07, 6.45) is -0.302. The van der Waals surface area contributed by atoms with Crippen LogP contribution in [0.5, 0.6) is 0 Å². The lowest BCUT2D eigenvalue weighted by Gasteiger charge is -2.10. The molecule has 39 heavy (non-hydrogen) atoms. The van der Waals surface area contributed by atoms with Gasteiger partial charge in [0.2, 0.25) is 0 Å². The number of imidazole rings is 2. The van der Waals surface area contributed by atoms with Crippen molar-refractivity contribution in [2.45, 2.75) is 39.0 Å². The molecule has 12 heteroatoms. The van der Waals surface area contributed by atoms with Crippen molar-refractivity contribution >= 4 is 11.2 Å². The van der Waals surface area contributed by atoms with Crippen LogP contribution in [0, 0.1) is 0 Å². The average molecular weight is 538 g/mol. The fourth-order valence-electron chi connectivity index (χ4n) is 4.56. The normalized spacial score (nSPS) is 12.1. The zero-order valence-electron chi connectivity index (χ0n) is 21.5. The van der Waals surface area contributed by atoms with E-state index < -0.39 is 11.9 Å². The molecule has 0 fully saturated rings. The van der Waals surface area contributed by atoms with Crippen LogP contribution in [-0.4, -0.2) is 45.4 Å². The molecule has 1 aromatic carbocycles. The van der Waals surface area contributed by atoms with E-state index in [-0.39, 0.29) is 37.1 Å². The second-order valence-corrected chi connectivity index (χ2v) is 9.49. The summed E-state index contributed by atoms with van der Waals surface area (Å²) in [6.45, 7) is 4.05. The van der Waals surface area contributed by atoms with E-state index in [1.165, 1.54) is 20.7 Å². The molecule has 0 amide bonds. The van der Waals surface area contributed by atoms with Gasteiger partial charge < -0.3 is 9.67 Å². The summed E-state index contributed by atoms with van der Waals surface area (Å²) in [4.78, 5) is 30.8. The molecular weight excluding hydrogens is 511 g/mol. The number of hydrogen-bond acceptors (Lipinski definition) is 6. The summed E-state index contributed by atoms with van der Waals surface area (Å²) in [5, 5.41) is 9.55. The van der Waals surface area contributed by atoms with Gasteiger partial charge in [0.25, 0.3) is 0 Å². The lowest BCUT2D eigenvalue weighted by molar-refractivity contribution is -0.140. The Labute approximate surface area is 221 Å². The third kappa shape index (κ3) is 4.94. The maximum atomic E-state index is 13.4. The molecule has 0 aliphatic heterocycles. The molecule has 0 aliphatic carbocycles. The van der Waals surface area contributed by atoms with Crippen molar-refractivity contribution in [2.75, 3.05) is 6.61 Å². The van der Waals surface area contributed by atoms with Crippen LogP contribution >= 0.6 is 0 Å². The highest BCUT2D eigenvalue weighted by atomic mass is 19.4. The molecule has 9 nitrogen and oxygen atoms in total. The molecule has 4 aromatic heterocycles. The van der Waals surface area contributed by atoms with Gasteiger partial charge in [-0.05, 0) is 23.6 Å². The average Bonchev–Trinajstić information content (AvgIpc) is 3.43. The fraction of sp³-hybridized carbons (Fsp3) is 0.296. The Balaban J connectivity index is 1.55. The minimum absolute atomic E-state index is 0.0782. The molecule has 5 rings (SSSR count). The Hall–Kier alpha value is -4.32. The van der Waals surface area contributed by atoms with Crippen LogP contribution < -0.4 is 5.69 Å². The molecule has 5 aromatic rings. The predicted octanol–water partition coefficient (Wildman–Crippen LogP) is 4.24. The number of nitrogens with zero attached hydrogens (tertiary/aromatic N) is 7. The zero-order valence-corrected chi connectivity index (χ0v) is 21.5. The van der Waals surface area contributed by atoms with E-state index in [2.05, 4.69) is 15.0 Å². The molecule has 0 atom stereocenters. The van der Waals surface area contributed by atoms with Gasteiger partial charge in [-0.25, -0.2) is 19.7 Å². The monoisotopic (exact) mass is 537 g/mol. The molecule has 4 heterocycles. The first-order chi connectivity index (χ1) is 18.6. The smallest absolute Gasteiger partial charge is 0.395 e. The summed E-state index contributed by atoms with van der Waals surface area (Å²) in [5.74, 6) is 0.742. The Bertz CT molecular complexity index is 1700. The number of rotatable bonds is 7. The van der Waals surface area contributed by atoms with Crippen LogP contribution in [0.2, 0.25) is 0 Å². The number of aliphatic hydroxyl groups excluding tert-OH is 1. The lowest BCUT2D eigenvalue weighted by atomic mass is 10.0. The van der Waals surface area contributed by atoms with Crippen LogP contribution in [0.25, 0.3) is 33.9 Å². The first-order valence-corrected chi connectivity index (χ1v) is 12.3. The highest BCUT2D eigenvalue weighted by Gasteiger charge is 2.34. The predicted molar refractivity (Wildman–Crippen MR) is 139 cm³/mol. The maximum absolute atomic E-state index is 13.4. The summed E-state index contributed by atoms with van der Waals surface area (Å²) in [7, 11) is 1.51.